The number of hydrogen-bond donors (Lipinski definition) is 0. The Balaban J connectivity index is 1.28. The van der Waals surface area contributed by atoms with Crippen LogP contribution in [-0.4, -0.2) is 52.7 Å². The molecule has 2 aliphatic rings. The predicted octanol–water partition coefficient (Wildman–Crippen LogP) is 3.66. The monoisotopic (exact) mass is 395 g/mol. The van der Waals surface area contributed by atoms with Crippen molar-refractivity contribution in [3.8, 4) is 5.75 Å². The lowest BCUT2D eigenvalue weighted by Gasteiger charge is -2.46. The Morgan fingerprint density at radius 1 is 1.28 bits per heavy atom. The predicted molar refractivity (Wildman–Crippen MR) is 110 cm³/mol. The summed E-state index contributed by atoms with van der Waals surface area (Å²) in [5.41, 5.74) is 1.41. The zero-order valence-electron chi connectivity index (χ0n) is 17.0. The van der Waals surface area contributed by atoms with Crippen LogP contribution in [0.3, 0.4) is 0 Å². The first-order valence-electron chi connectivity index (χ1n) is 10.5. The van der Waals surface area contributed by atoms with E-state index in [0.717, 1.165) is 63.2 Å². The molecule has 1 unspecified atom stereocenters. The largest absolute Gasteiger partial charge is 0.492 e. The number of pyridine rings is 2. The van der Waals surface area contributed by atoms with E-state index in [9.17, 15) is 4.79 Å². The minimum absolute atomic E-state index is 0.0853. The fourth-order valence-corrected chi connectivity index (χ4v) is 4.50. The van der Waals surface area contributed by atoms with Gasteiger partial charge in [-0.25, -0.2) is 0 Å². The molecule has 6 heteroatoms. The molecule has 2 aromatic heterocycles. The first-order chi connectivity index (χ1) is 14.2. The average Bonchev–Trinajstić information content (AvgIpc) is 2.75. The Morgan fingerprint density at radius 3 is 2.86 bits per heavy atom. The second kappa shape index (κ2) is 8.91. The minimum atomic E-state index is -0.0853. The van der Waals surface area contributed by atoms with Gasteiger partial charge < -0.3 is 14.4 Å². The van der Waals surface area contributed by atoms with Gasteiger partial charge in [0.05, 0.1) is 24.0 Å². The molecule has 2 aliphatic heterocycles. The van der Waals surface area contributed by atoms with Gasteiger partial charge in [0.2, 0.25) is 0 Å². The highest BCUT2D eigenvalue weighted by Gasteiger charge is 2.41. The van der Waals surface area contributed by atoms with Crippen molar-refractivity contribution in [2.24, 2.45) is 5.92 Å². The highest BCUT2D eigenvalue weighted by molar-refractivity contribution is 5.95. The van der Waals surface area contributed by atoms with E-state index in [1.165, 1.54) is 0 Å². The van der Waals surface area contributed by atoms with Crippen LogP contribution in [0.15, 0.2) is 42.9 Å². The lowest BCUT2D eigenvalue weighted by molar-refractivity contribution is -0.125. The molecular weight excluding hydrogens is 366 g/mol. The van der Waals surface area contributed by atoms with Crippen molar-refractivity contribution in [3.63, 3.8) is 0 Å². The zero-order valence-corrected chi connectivity index (χ0v) is 17.0. The van der Waals surface area contributed by atoms with Crippen molar-refractivity contribution in [1.82, 2.24) is 14.9 Å². The summed E-state index contributed by atoms with van der Waals surface area (Å²) in [6.07, 6.45) is 10.2. The van der Waals surface area contributed by atoms with Crippen LogP contribution >= 0.6 is 0 Å². The first-order valence-corrected chi connectivity index (χ1v) is 10.5. The number of amides is 1. The van der Waals surface area contributed by atoms with Gasteiger partial charge in [0.1, 0.15) is 5.75 Å². The number of carbonyl (C=O) groups is 1. The number of rotatable bonds is 5. The van der Waals surface area contributed by atoms with Gasteiger partial charge in [-0.1, -0.05) is 0 Å². The third-order valence-corrected chi connectivity index (χ3v) is 6.22. The molecule has 6 nitrogen and oxygen atoms in total. The zero-order chi connectivity index (χ0) is 20.1. The van der Waals surface area contributed by atoms with Crippen molar-refractivity contribution in [2.45, 2.75) is 44.6 Å². The maximum absolute atomic E-state index is 12.9. The molecule has 4 rings (SSSR count). The summed E-state index contributed by atoms with van der Waals surface area (Å²) in [5, 5.41) is 0. The van der Waals surface area contributed by atoms with E-state index in [-0.39, 0.29) is 11.5 Å². The smallest absolute Gasteiger partial charge is 0.255 e. The molecule has 1 spiro atoms. The third-order valence-electron chi connectivity index (χ3n) is 6.22. The second-order valence-corrected chi connectivity index (χ2v) is 8.14. The highest BCUT2D eigenvalue weighted by atomic mass is 16.5. The summed E-state index contributed by atoms with van der Waals surface area (Å²) in [6.45, 7) is 4.88. The van der Waals surface area contributed by atoms with Gasteiger partial charge in [-0.05, 0) is 69.2 Å². The number of piperidine rings is 1. The normalized spacial score (nSPS) is 21.1. The van der Waals surface area contributed by atoms with Crippen LogP contribution < -0.4 is 4.74 Å². The SMILES string of the molecule is Cc1ncccc1C(=O)N1CCC2(CC1)CC(CCOc1cccnc1)CCO2. The Hall–Kier alpha value is -2.47. The fourth-order valence-electron chi connectivity index (χ4n) is 4.50. The molecule has 4 heterocycles. The van der Waals surface area contributed by atoms with Crippen molar-refractivity contribution in [3.05, 3.63) is 54.1 Å². The Morgan fingerprint density at radius 2 is 2.10 bits per heavy atom. The minimum Gasteiger partial charge on any atom is -0.492 e. The molecule has 0 radical (unpaired) electrons. The molecule has 29 heavy (non-hydrogen) atoms. The van der Waals surface area contributed by atoms with E-state index in [1.807, 2.05) is 36.1 Å². The Labute approximate surface area is 172 Å². The van der Waals surface area contributed by atoms with Crippen LogP contribution in [-0.2, 0) is 4.74 Å². The quantitative estimate of drug-likeness (QED) is 0.773. The molecule has 0 aromatic carbocycles. The molecule has 0 bridgehead atoms. The average molecular weight is 396 g/mol. The highest BCUT2D eigenvalue weighted by Crippen LogP contribution is 2.39. The van der Waals surface area contributed by atoms with Crippen LogP contribution in [0.2, 0.25) is 0 Å². The molecule has 154 valence electrons. The van der Waals surface area contributed by atoms with Gasteiger partial charge in [0.25, 0.3) is 5.91 Å². The van der Waals surface area contributed by atoms with Gasteiger partial charge >= 0.3 is 0 Å². The number of nitrogens with zero attached hydrogens (tertiary/aromatic N) is 3. The van der Waals surface area contributed by atoms with E-state index >= 15 is 0 Å². The molecule has 2 aromatic rings. The van der Waals surface area contributed by atoms with Crippen LogP contribution in [0.5, 0.6) is 5.75 Å². The Kier molecular flexibility index (Phi) is 6.09. The standard InChI is InChI=1S/C23H29N3O3/c1-18-21(5-3-11-25-18)22(27)26-12-8-23(9-13-26)16-19(7-15-29-23)6-14-28-20-4-2-10-24-17-20/h2-5,10-11,17,19H,6-9,12-16H2,1H3. The van der Waals surface area contributed by atoms with E-state index < -0.39 is 0 Å². The van der Waals surface area contributed by atoms with E-state index in [1.54, 1.807) is 18.6 Å². The second-order valence-electron chi connectivity index (χ2n) is 8.14. The molecule has 0 aliphatic carbocycles. The molecule has 2 fully saturated rings. The number of likely N-dealkylation sites (tertiary alicyclic amines) is 1. The van der Waals surface area contributed by atoms with Crippen molar-refractivity contribution < 1.29 is 14.3 Å². The fraction of sp³-hybridized carbons (Fsp3) is 0.522. The molecule has 0 N–H and O–H groups in total. The lowest BCUT2D eigenvalue weighted by atomic mass is 9.78. The first kappa shape index (κ1) is 19.8. The van der Waals surface area contributed by atoms with Gasteiger partial charge in [0.15, 0.2) is 0 Å². The van der Waals surface area contributed by atoms with Crippen molar-refractivity contribution in [1.29, 1.82) is 0 Å². The molecule has 1 amide bonds. The molecule has 1 atom stereocenters. The summed E-state index contributed by atoms with van der Waals surface area (Å²) in [4.78, 5) is 23.1. The van der Waals surface area contributed by atoms with Crippen LogP contribution in [0.1, 0.15) is 48.2 Å². The molecule has 0 saturated carbocycles. The number of carbonyl (C=O) groups excluding carboxylic acids is 1. The summed E-state index contributed by atoms with van der Waals surface area (Å²) >= 11 is 0. The molecule has 2 saturated heterocycles. The van der Waals surface area contributed by atoms with Gasteiger partial charge in [-0.2, -0.15) is 0 Å². The van der Waals surface area contributed by atoms with Crippen LogP contribution in [0.4, 0.5) is 0 Å². The van der Waals surface area contributed by atoms with Gasteiger partial charge in [-0.3, -0.25) is 14.8 Å². The lowest BCUT2D eigenvalue weighted by Crippen LogP contribution is -2.51. The van der Waals surface area contributed by atoms with Crippen molar-refractivity contribution >= 4 is 5.91 Å². The summed E-state index contributed by atoms with van der Waals surface area (Å²) in [6, 6.07) is 7.52. The van der Waals surface area contributed by atoms with Gasteiger partial charge in [-0.15, -0.1) is 0 Å². The Bertz CT molecular complexity index is 819. The number of aryl methyl sites for hydroxylation is 1. The van der Waals surface area contributed by atoms with Crippen LogP contribution in [0, 0.1) is 12.8 Å². The summed E-state index contributed by atoms with van der Waals surface area (Å²) in [5.74, 6) is 1.51. The summed E-state index contributed by atoms with van der Waals surface area (Å²) < 4.78 is 12.1. The number of aromatic nitrogens is 2. The number of hydrogen-bond acceptors (Lipinski definition) is 5. The van der Waals surface area contributed by atoms with E-state index in [2.05, 4.69) is 9.97 Å². The number of ether oxygens (including phenoxy) is 2. The van der Waals surface area contributed by atoms with Crippen LogP contribution in [0.25, 0.3) is 0 Å². The summed E-state index contributed by atoms with van der Waals surface area (Å²) in [7, 11) is 0. The topological polar surface area (TPSA) is 64.6 Å². The maximum Gasteiger partial charge on any atom is 0.255 e. The van der Waals surface area contributed by atoms with E-state index in [0.29, 0.717) is 18.1 Å². The molecular formula is C23H29N3O3. The third kappa shape index (κ3) is 4.75. The maximum atomic E-state index is 12.9. The van der Waals surface area contributed by atoms with Crippen molar-refractivity contribution in [2.75, 3.05) is 26.3 Å². The van der Waals surface area contributed by atoms with Gasteiger partial charge in [0, 0.05) is 37.8 Å². The van der Waals surface area contributed by atoms with E-state index in [4.69, 9.17) is 9.47 Å².